The fraction of sp³-hybridized carbons (Fsp3) is 0.500. The first-order valence-electron chi connectivity index (χ1n) is 9.45. The summed E-state index contributed by atoms with van der Waals surface area (Å²) in [4.78, 5) is 27.2. The number of amides is 2. The van der Waals surface area contributed by atoms with Gasteiger partial charge in [0.05, 0.1) is 0 Å². The molecule has 0 bridgehead atoms. The Morgan fingerprint density at radius 3 is 2.81 bits per heavy atom. The molecule has 0 aliphatic carbocycles. The van der Waals surface area contributed by atoms with E-state index in [1.54, 1.807) is 4.90 Å². The predicted octanol–water partition coefficient (Wildman–Crippen LogP) is 3.88. The molecule has 0 unspecified atom stereocenters. The molecule has 1 aromatic heterocycles. The van der Waals surface area contributed by atoms with Crippen molar-refractivity contribution in [3.63, 3.8) is 0 Å². The molecule has 1 fully saturated rings. The summed E-state index contributed by atoms with van der Waals surface area (Å²) in [6.45, 7) is 6.63. The third-order valence-electron chi connectivity index (χ3n) is 4.61. The van der Waals surface area contributed by atoms with E-state index in [0.29, 0.717) is 25.1 Å². The fourth-order valence-electron chi connectivity index (χ4n) is 3.34. The van der Waals surface area contributed by atoms with E-state index in [2.05, 4.69) is 15.5 Å². The average molecular weight is 387 g/mol. The smallest absolute Gasteiger partial charge is 0.247 e. The summed E-state index contributed by atoms with van der Waals surface area (Å²) >= 11 is 1.52. The average Bonchev–Trinajstić information content (AvgIpc) is 3.08. The van der Waals surface area contributed by atoms with Gasteiger partial charge in [-0.3, -0.25) is 9.59 Å². The molecule has 1 saturated heterocycles. The molecule has 27 heavy (non-hydrogen) atoms. The number of rotatable bonds is 5. The second-order valence-corrected chi connectivity index (χ2v) is 8.57. The molecule has 1 aliphatic rings. The monoisotopic (exact) mass is 386 g/mol. The van der Waals surface area contributed by atoms with Crippen molar-refractivity contribution < 1.29 is 9.59 Å². The molecule has 1 aliphatic heterocycles. The highest BCUT2D eigenvalue weighted by molar-refractivity contribution is 7.14. The molecule has 2 heterocycles. The lowest BCUT2D eigenvalue weighted by atomic mass is 9.99. The second-order valence-electron chi connectivity index (χ2n) is 7.39. The number of benzene rings is 1. The number of anilines is 1. The van der Waals surface area contributed by atoms with E-state index in [4.69, 9.17) is 0 Å². The van der Waals surface area contributed by atoms with Crippen molar-refractivity contribution in [3.8, 4) is 10.6 Å². The van der Waals surface area contributed by atoms with Crippen molar-refractivity contribution in [3.05, 3.63) is 29.3 Å². The zero-order chi connectivity index (χ0) is 19.4. The largest absolute Gasteiger partial charge is 0.331 e. The third-order valence-corrected chi connectivity index (χ3v) is 5.50. The summed E-state index contributed by atoms with van der Waals surface area (Å²) in [6.07, 6.45) is 3.12. The van der Waals surface area contributed by atoms with E-state index in [-0.39, 0.29) is 17.7 Å². The first kappa shape index (κ1) is 19.5. The van der Waals surface area contributed by atoms with Crippen molar-refractivity contribution >= 4 is 28.8 Å². The van der Waals surface area contributed by atoms with Gasteiger partial charge in [0.1, 0.15) is 16.1 Å². The van der Waals surface area contributed by atoms with Gasteiger partial charge in [-0.15, -0.1) is 10.2 Å². The third kappa shape index (κ3) is 4.91. The van der Waals surface area contributed by atoms with Gasteiger partial charge in [0.2, 0.25) is 11.8 Å². The molecule has 7 heteroatoms. The van der Waals surface area contributed by atoms with E-state index in [1.165, 1.54) is 11.3 Å². The molecule has 2 aromatic rings. The summed E-state index contributed by atoms with van der Waals surface area (Å²) < 4.78 is 0. The van der Waals surface area contributed by atoms with Crippen LogP contribution in [0.2, 0.25) is 0 Å². The lowest BCUT2D eigenvalue weighted by Crippen LogP contribution is -2.50. The van der Waals surface area contributed by atoms with E-state index in [9.17, 15) is 9.59 Å². The number of hydrogen-bond acceptors (Lipinski definition) is 5. The lowest BCUT2D eigenvalue weighted by Gasteiger charge is -2.35. The van der Waals surface area contributed by atoms with Gasteiger partial charge >= 0.3 is 0 Å². The van der Waals surface area contributed by atoms with Gasteiger partial charge in [-0.2, -0.15) is 0 Å². The maximum Gasteiger partial charge on any atom is 0.247 e. The molecular weight excluding hydrogens is 360 g/mol. The highest BCUT2D eigenvalue weighted by Crippen LogP contribution is 2.26. The SMILES string of the molecule is Cc1nnc(-c2cccc(NC(=O)[C@H]3CCCCN3C(=O)CC(C)C)c2)s1. The Morgan fingerprint density at radius 1 is 1.30 bits per heavy atom. The van der Waals surface area contributed by atoms with Crippen LogP contribution in [-0.4, -0.2) is 39.5 Å². The molecule has 2 amide bonds. The van der Waals surface area contributed by atoms with Crippen molar-refractivity contribution in [2.45, 2.75) is 52.5 Å². The minimum Gasteiger partial charge on any atom is -0.331 e. The van der Waals surface area contributed by atoms with Crippen LogP contribution in [0.1, 0.15) is 44.5 Å². The Morgan fingerprint density at radius 2 is 2.11 bits per heavy atom. The standard InChI is InChI=1S/C20H26N4O2S/c1-13(2)11-18(25)24-10-5-4-9-17(24)19(26)21-16-8-6-7-15(12-16)20-23-22-14(3)27-20/h6-8,12-13,17H,4-5,9-11H2,1-3H3,(H,21,26)/t17-/m1/s1. The molecule has 144 valence electrons. The molecule has 1 aromatic carbocycles. The second kappa shape index (κ2) is 8.61. The number of nitrogens with one attached hydrogen (secondary N) is 1. The van der Waals surface area contributed by atoms with Gasteiger partial charge in [0.15, 0.2) is 0 Å². The van der Waals surface area contributed by atoms with Crippen molar-refractivity contribution in [2.75, 3.05) is 11.9 Å². The summed E-state index contributed by atoms with van der Waals surface area (Å²) in [5.41, 5.74) is 1.64. The van der Waals surface area contributed by atoms with Gasteiger partial charge < -0.3 is 10.2 Å². The van der Waals surface area contributed by atoms with Crippen LogP contribution in [0.3, 0.4) is 0 Å². The van der Waals surface area contributed by atoms with Crippen molar-refractivity contribution in [2.24, 2.45) is 5.92 Å². The highest BCUT2D eigenvalue weighted by atomic mass is 32.1. The number of nitrogens with zero attached hydrogens (tertiary/aromatic N) is 3. The molecule has 0 saturated carbocycles. The Kier molecular flexibility index (Phi) is 6.21. The van der Waals surface area contributed by atoms with Gasteiger partial charge in [-0.05, 0) is 44.2 Å². The highest BCUT2D eigenvalue weighted by Gasteiger charge is 2.32. The van der Waals surface area contributed by atoms with Crippen LogP contribution in [-0.2, 0) is 9.59 Å². The minimum atomic E-state index is -0.391. The molecule has 1 N–H and O–H groups in total. The zero-order valence-electron chi connectivity index (χ0n) is 16.1. The van der Waals surface area contributed by atoms with E-state index >= 15 is 0 Å². The zero-order valence-corrected chi connectivity index (χ0v) is 16.9. The predicted molar refractivity (Wildman–Crippen MR) is 108 cm³/mol. The number of aryl methyl sites for hydroxylation is 1. The first-order valence-corrected chi connectivity index (χ1v) is 10.3. The number of likely N-dealkylation sites (tertiary alicyclic amines) is 1. The van der Waals surface area contributed by atoms with Crippen LogP contribution in [0, 0.1) is 12.8 Å². The molecule has 0 radical (unpaired) electrons. The maximum absolute atomic E-state index is 12.9. The van der Waals surface area contributed by atoms with E-state index < -0.39 is 6.04 Å². The molecule has 1 atom stereocenters. The van der Waals surface area contributed by atoms with E-state index in [0.717, 1.165) is 28.4 Å². The van der Waals surface area contributed by atoms with Gasteiger partial charge in [0, 0.05) is 24.2 Å². The topological polar surface area (TPSA) is 75.2 Å². The van der Waals surface area contributed by atoms with E-state index in [1.807, 2.05) is 45.0 Å². The van der Waals surface area contributed by atoms with Crippen LogP contribution >= 0.6 is 11.3 Å². The van der Waals surface area contributed by atoms with Gasteiger partial charge in [-0.25, -0.2) is 0 Å². The normalized spacial score (nSPS) is 17.2. The quantitative estimate of drug-likeness (QED) is 0.846. The Hall–Kier alpha value is -2.28. The van der Waals surface area contributed by atoms with Crippen LogP contribution in [0.4, 0.5) is 5.69 Å². The van der Waals surface area contributed by atoms with Crippen LogP contribution < -0.4 is 5.32 Å². The molecule has 6 nitrogen and oxygen atoms in total. The maximum atomic E-state index is 12.9. The number of hydrogen-bond donors (Lipinski definition) is 1. The summed E-state index contributed by atoms with van der Waals surface area (Å²) in [5, 5.41) is 12.9. The van der Waals surface area contributed by atoms with Crippen molar-refractivity contribution in [1.82, 2.24) is 15.1 Å². The van der Waals surface area contributed by atoms with Crippen LogP contribution in [0.15, 0.2) is 24.3 Å². The van der Waals surface area contributed by atoms with Gasteiger partial charge in [-0.1, -0.05) is 37.3 Å². The number of piperidine rings is 1. The lowest BCUT2D eigenvalue weighted by molar-refractivity contribution is -0.141. The number of carbonyl (C=O) groups excluding carboxylic acids is 2. The van der Waals surface area contributed by atoms with Crippen LogP contribution in [0.25, 0.3) is 10.6 Å². The Bertz CT molecular complexity index is 818. The Labute approximate surface area is 164 Å². The minimum absolute atomic E-state index is 0.0722. The Balaban J connectivity index is 1.72. The van der Waals surface area contributed by atoms with Crippen LogP contribution in [0.5, 0.6) is 0 Å². The number of carbonyl (C=O) groups is 2. The molecular formula is C20H26N4O2S. The van der Waals surface area contributed by atoms with Gasteiger partial charge in [0.25, 0.3) is 0 Å². The summed E-state index contributed by atoms with van der Waals surface area (Å²) in [5.74, 6) is 0.246. The first-order chi connectivity index (χ1) is 12.9. The fourth-order valence-corrected chi connectivity index (χ4v) is 4.03. The summed E-state index contributed by atoms with van der Waals surface area (Å²) in [6, 6.07) is 7.22. The molecule has 0 spiro atoms. The molecule has 3 rings (SSSR count). The van der Waals surface area contributed by atoms with Crippen molar-refractivity contribution in [1.29, 1.82) is 0 Å². The number of aromatic nitrogens is 2. The summed E-state index contributed by atoms with van der Waals surface area (Å²) in [7, 11) is 0.